The predicted molar refractivity (Wildman–Crippen MR) is 65.8 cm³/mol. The highest BCUT2D eigenvalue weighted by Crippen LogP contribution is 2.72. The van der Waals surface area contributed by atoms with Crippen molar-refractivity contribution in [3.05, 3.63) is 23.3 Å². The van der Waals surface area contributed by atoms with Crippen molar-refractivity contribution in [1.82, 2.24) is 0 Å². The van der Waals surface area contributed by atoms with Gasteiger partial charge in [-0.15, -0.1) is 0 Å². The van der Waals surface area contributed by atoms with Crippen molar-refractivity contribution in [2.75, 3.05) is 0 Å². The van der Waals surface area contributed by atoms with Gasteiger partial charge in [-0.1, -0.05) is 25.5 Å². The van der Waals surface area contributed by atoms with Gasteiger partial charge in [0, 0.05) is 11.0 Å². The fourth-order valence-corrected chi connectivity index (χ4v) is 4.79. The molecular weight excluding hydrogens is 228 g/mol. The second kappa shape index (κ2) is 2.60. The molecule has 0 aromatic rings. The first kappa shape index (κ1) is 10.8. The lowest BCUT2D eigenvalue weighted by Crippen LogP contribution is -2.56. The molecule has 0 unspecified atom stereocenters. The van der Waals surface area contributed by atoms with Crippen LogP contribution in [0.4, 0.5) is 0 Å². The van der Waals surface area contributed by atoms with Gasteiger partial charge in [0.2, 0.25) is 0 Å². The van der Waals surface area contributed by atoms with Crippen LogP contribution in [0.2, 0.25) is 0 Å². The summed E-state index contributed by atoms with van der Waals surface area (Å²) in [5.41, 5.74) is 1.41. The van der Waals surface area contributed by atoms with Crippen molar-refractivity contribution in [2.45, 2.75) is 51.9 Å². The molecule has 0 aromatic heterocycles. The average molecular weight is 246 g/mol. The fourth-order valence-electron chi connectivity index (χ4n) is 4.79. The molecule has 2 aliphatic carbocycles. The Morgan fingerprint density at radius 2 is 2.06 bits per heavy atom. The maximum atomic E-state index is 12.2. The van der Waals surface area contributed by atoms with E-state index in [1.165, 1.54) is 0 Å². The maximum Gasteiger partial charge on any atom is 0.335 e. The number of hydrogen-bond acceptors (Lipinski definition) is 3. The van der Waals surface area contributed by atoms with E-state index in [1.54, 1.807) is 0 Å². The van der Waals surface area contributed by atoms with Gasteiger partial charge in [-0.3, -0.25) is 0 Å². The molecule has 4 aliphatic rings. The van der Waals surface area contributed by atoms with Gasteiger partial charge in [0.15, 0.2) is 0 Å². The van der Waals surface area contributed by atoms with Gasteiger partial charge in [-0.25, -0.2) is 4.79 Å². The second-order valence-electron chi connectivity index (χ2n) is 6.81. The molecule has 0 bridgehead atoms. The lowest BCUT2D eigenvalue weighted by Gasteiger charge is -2.48. The van der Waals surface area contributed by atoms with E-state index in [4.69, 9.17) is 9.47 Å². The van der Waals surface area contributed by atoms with Gasteiger partial charge in [-0.2, -0.15) is 0 Å². The Balaban J connectivity index is 2.04. The highest BCUT2D eigenvalue weighted by atomic mass is 16.6. The summed E-state index contributed by atoms with van der Waals surface area (Å²) >= 11 is 0. The summed E-state index contributed by atoms with van der Waals surface area (Å²) in [6, 6.07) is 0. The van der Waals surface area contributed by atoms with E-state index < -0.39 is 0 Å². The minimum atomic E-state index is -0.310. The molecule has 4 atom stereocenters. The molecule has 0 radical (unpaired) electrons. The second-order valence-corrected chi connectivity index (χ2v) is 6.81. The Bertz CT molecular complexity index is 542. The Hall–Kier alpha value is -1.09. The fraction of sp³-hybridized carbons (Fsp3) is 0.667. The largest absolute Gasteiger partial charge is 0.454 e. The Labute approximate surface area is 107 Å². The zero-order chi connectivity index (χ0) is 12.9. The monoisotopic (exact) mass is 246 g/mol. The predicted octanol–water partition coefficient (Wildman–Crippen LogP) is 2.37. The number of carbonyl (C=O) groups excluding carboxylic acids is 1. The smallest absolute Gasteiger partial charge is 0.335 e. The van der Waals surface area contributed by atoms with Crippen molar-refractivity contribution >= 4 is 5.97 Å². The highest BCUT2D eigenvalue weighted by molar-refractivity contribution is 5.95. The summed E-state index contributed by atoms with van der Waals surface area (Å²) in [6.45, 7) is 8.59. The first-order valence-corrected chi connectivity index (χ1v) is 6.63. The standard InChI is InChI=1S/C15H18O3/c1-8-7-10-15(18-10)13(2,3)6-5-9-14(15,4)11(8)12(16)17-9/h5-6,9-10H,7H2,1-4H3/t9-,10-,14+,15+/m1/s1. The SMILES string of the molecule is CC1=C2C(=O)O[C@@H]3C=CC(C)(C)[C@]4(O[C@@H]4C1)[C@]23C. The number of ether oxygens (including phenoxy) is 2. The quantitative estimate of drug-likeness (QED) is 0.374. The van der Waals surface area contributed by atoms with Crippen LogP contribution < -0.4 is 0 Å². The zero-order valence-corrected chi connectivity index (χ0v) is 11.2. The zero-order valence-electron chi connectivity index (χ0n) is 11.2. The summed E-state index contributed by atoms with van der Waals surface area (Å²) in [5.74, 6) is -0.143. The minimum absolute atomic E-state index is 0.0527. The van der Waals surface area contributed by atoms with Crippen molar-refractivity contribution in [2.24, 2.45) is 10.8 Å². The molecule has 0 saturated carbocycles. The number of esters is 1. The van der Waals surface area contributed by atoms with E-state index in [0.717, 1.165) is 17.6 Å². The van der Waals surface area contributed by atoms with Gasteiger partial charge in [0.1, 0.15) is 11.7 Å². The summed E-state index contributed by atoms with van der Waals surface area (Å²) in [4.78, 5) is 12.2. The molecule has 18 heavy (non-hydrogen) atoms. The normalized spacial score (nSPS) is 50.8. The Kier molecular flexibility index (Phi) is 1.56. The van der Waals surface area contributed by atoms with Gasteiger partial charge in [0.25, 0.3) is 0 Å². The van der Waals surface area contributed by atoms with Crippen LogP contribution in [0.15, 0.2) is 23.3 Å². The van der Waals surface area contributed by atoms with E-state index in [1.807, 2.05) is 13.0 Å². The lowest BCUT2D eigenvalue weighted by atomic mass is 9.52. The van der Waals surface area contributed by atoms with Crippen LogP contribution in [0.5, 0.6) is 0 Å². The molecule has 3 nitrogen and oxygen atoms in total. The van der Waals surface area contributed by atoms with E-state index in [2.05, 4.69) is 26.8 Å². The molecular formula is C15H18O3. The van der Waals surface area contributed by atoms with Crippen LogP contribution in [0.25, 0.3) is 0 Å². The van der Waals surface area contributed by atoms with Gasteiger partial charge in [0.05, 0.1) is 11.5 Å². The van der Waals surface area contributed by atoms with Gasteiger partial charge >= 0.3 is 5.97 Å². The van der Waals surface area contributed by atoms with Gasteiger partial charge in [-0.05, 0) is 26.3 Å². The third-order valence-corrected chi connectivity index (χ3v) is 5.59. The van der Waals surface area contributed by atoms with Gasteiger partial charge < -0.3 is 9.47 Å². The van der Waals surface area contributed by atoms with E-state index in [-0.39, 0.29) is 34.6 Å². The van der Waals surface area contributed by atoms with E-state index in [9.17, 15) is 4.79 Å². The molecule has 3 heteroatoms. The molecule has 2 aliphatic heterocycles. The van der Waals surface area contributed by atoms with Crippen LogP contribution in [-0.2, 0) is 14.3 Å². The number of epoxide rings is 1. The average Bonchev–Trinajstić information content (AvgIpc) is 2.92. The maximum absolute atomic E-state index is 12.2. The Morgan fingerprint density at radius 3 is 2.78 bits per heavy atom. The van der Waals surface area contributed by atoms with Crippen molar-refractivity contribution in [3.8, 4) is 0 Å². The number of hydrogen-bond donors (Lipinski definition) is 0. The topological polar surface area (TPSA) is 38.8 Å². The first-order valence-electron chi connectivity index (χ1n) is 6.63. The lowest BCUT2D eigenvalue weighted by molar-refractivity contribution is -0.138. The summed E-state index contributed by atoms with van der Waals surface area (Å²) < 4.78 is 11.7. The van der Waals surface area contributed by atoms with Crippen LogP contribution >= 0.6 is 0 Å². The van der Waals surface area contributed by atoms with Crippen LogP contribution in [0.3, 0.4) is 0 Å². The molecule has 0 amide bonds. The molecule has 0 N–H and O–H groups in total. The van der Waals surface area contributed by atoms with Crippen molar-refractivity contribution < 1.29 is 14.3 Å². The van der Waals surface area contributed by atoms with Crippen LogP contribution in [0, 0.1) is 10.8 Å². The van der Waals surface area contributed by atoms with E-state index in [0.29, 0.717) is 0 Å². The third-order valence-electron chi connectivity index (χ3n) is 5.59. The summed E-state index contributed by atoms with van der Waals surface area (Å²) in [6.07, 6.45) is 5.16. The van der Waals surface area contributed by atoms with E-state index >= 15 is 0 Å². The molecule has 0 aromatic carbocycles. The third kappa shape index (κ3) is 0.804. The minimum Gasteiger partial charge on any atom is -0.454 e. The highest BCUT2D eigenvalue weighted by Gasteiger charge is 2.81. The molecule has 2 fully saturated rings. The molecule has 2 heterocycles. The Morgan fingerprint density at radius 1 is 1.33 bits per heavy atom. The van der Waals surface area contributed by atoms with Crippen LogP contribution in [0.1, 0.15) is 34.1 Å². The van der Waals surface area contributed by atoms with Crippen LogP contribution in [-0.4, -0.2) is 23.8 Å². The molecule has 1 spiro atoms. The van der Waals surface area contributed by atoms with Crippen molar-refractivity contribution in [3.63, 3.8) is 0 Å². The summed E-state index contributed by atoms with van der Waals surface area (Å²) in [7, 11) is 0. The molecule has 2 saturated heterocycles. The first-order chi connectivity index (χ1) is 8.34. The number of rotatable bonds is 0. The van der Waals surface area contributed by atoms with Crippen molar-refractivity contribution in [1.29, 1.82) is 0 Å². The molecule has 96 valence electrons. The summed E-state index contributed by atoms with van der Waals surface area (Å²) in [5, 5.41) is 0. The molecule has 4 rings (SSSR count). The number of carbonyl (C=O) groups is 1.